The van der Waals surface area contributed by atoms with Crippen LogP contribution < -0.4 is 5.32 Å². The van der Waals surface area contributed by atoms with Gasteiger partial charge in [-0.05, 0) is 0 Å². The fraction of sp³-hybridized carbons (Fsp3) is 1.00. The largest absolute Gasteiger partial charge is 0.396 e. The summed E-state index contributed by atoms with van der Waals surface area (Å²) in [6.45, 7) is 0.109. The first-order valence-corrected chi connectivity index (χ1v) is 3.33. The number of rotatable bonds is 1. The number of piperidine rings is 1. The van der Waals surface area contributed by atoms with Crippen LogP contribution in [0.3, 0.4) is 0 Å². The molecule has 1 aliphatic rings. The third-order valence-corrected chi connectivity index (χ3v) is 1.66. The fourth-order valence-electron chi connectivity index (χ4n) is 1.15. The van der Waals surface area contributed by atoms with E-state index in [1.165, 1.54) is 0 Å². The van der Waals surface area contributed by atoms with Crippen molar-refractivity contribution in [1.82, 2.24) is 5.32 Å². The molecule has 0 aromatic heterocycles. The Morgan fingerprint density at radius 3 is 2.55 bits per heavy atom. The normalized spacial score (nSPS) is 29.2. The zero-order valence-corrected chi connectivity index (χ0v) is 6.83. The van der Waals surface area contributed by atoms with Crippen molar-refractivity contribution in [3.63, 3.8) is 0 Å². The molecule has 0 amide bonds. The summed E-state index contributed by atoms with van der Waals surface area (Å²) in [5.74, 6) is -2.89. The smallest absolute Gasteiger partial charge is 0.260 e. The molecule has 0 radical (unpaired) electrons. The number of aliphatic hydroxyl groups excluding tert-OH is 1. The second-order valence-corrected chi connectivity index (χ2v) is 2.74. The predicted molar refractivity (Wildman–Crippen MR) is 40.3 cm³/mol. The average molecular weight is 188 g/mol. The quantitative estimate of drug-likeness (QED) is 0.632. The minimum atomic E-state index is -2.62. The van der Waals surface area contributed by atoms with Crippen molar-refractivity contribution in [2.45, 2.75) is 12.3 Å². The Kier molecular flexibility index (Phi) is 4.21. The third-order valence-electron chi connectivity index (χ3n) is 1.66. The first kappa shape index (κ1) is 11.1. The second kappa shape index (κ2) is 4.18. The lowest BCUT2D eigenvalue weighted by Crippen LogP contribution is -2.44. The Balaban J connectivity index is 0.000001000. The van der Waals surface area contributed by atoms with Crippen LogP contribution in [0.2, 0.25) is 0 Å². The summed E-state index contributed by atoms with van der Waals surface area (Å²) in [5.41, 5.74) is 0. The zero-order valence-electron chi connectivity index (χ0n) is 6.02. The molecule has 0 saturated carbocycles. The molecule has 0 aromatic carbocycles. The van der Waals surface area contributed by atoms with Gasteiger partial charge in [0.05, 0.1) is 6.54 Å². The maximum atomic E-state index is 12.5. The lowest BCUT2D eigenvalue weighted by molar-refractivity contribution is -0.0473. The van der Waals surface area contributed by atoms with Crippen LogP contribution in [0.4, 0.5) is 8.78 Å². The van der Waals surface area contributed by atoms with Crippen molar-refractivity contribution in [3.8, 4) is 0 Å². The molecule has 5 heteroatoms. The number of hydrogen-bond donors (Lipinski definition) is 2. The molecule has 1 atom stereocenters. The molecule has 1 heterocycles. The van der Waals surface area contributed by atoms with Gasteiger partial charge in [-0.3, -0.25) is 0 Å². The van der Waals surface area contributed by atoms with Gasteiger partial charge < -0.3 is 10.4 Å². The lowest BCUT2D eigenvalue weighted by Gasteiger charge is -2.28. The van der Waals surface area contributed by atoms with E-state index in [1.807, 2.05) is 0 Å². The number of hydrogen-bond acceptors (Lipinski definition) is 2. The van der Waals surface area contributed by atoms with Gasteiger partial charge in [-0.1, -0.05) is 0 Å². The number of alkyl halides is 2. The molecule has 2 N–H and O–H groups in total. The summed E-state index contributed by atoms with van der Waals surface area (Å²) in [6.07, 6.45) is -0.184. The highest BCUT2D eigenvalue weighted by atomic mass is 35.5. The summed E-state index contributed by atoms with van der Waals surface area (Å²) in [6, 6.07) is 0. The monoisotopic (exact) mass is 187 g/mol. The summed E-state index contributed by atoms with van der Waals surface area (Å²) >= 11 is 0. The van der Waals surface area contributed by atoms with E-state index in [4.69, 9.17) is 5.11 Å². The van der Waals surface area contributed by atoms with Gasteiger partial charge in [0, 0.05) is 25.5 Å². The summed E-state index contributed by atoms with van der Waals surface area (Å²) < 4.78 is 24.9. The van der Waals surface area contributed by atoms with Gasteiger partial charge >= 0.3 is 0 Å². The van der Waals surface area contributed by atoms with Crippen molar-refractivity contribution in [1.29, 1.82) is 0 Å². The van der Waals surface area contributed by atoms with E-state index < -0.39 is 5.92 Å². The summed E-state index contributed by atoms with van der Waals surface area (Å²) in [4.78, 5) is 0. The predicted octanol–water partition coefficient (Wildman–Crippen LogP) is 0.645. The topological polar surface area (TPSA) is 32.3 Å². The highest BCUT2D eigenvalue weighted by molar-refractivity contribution is 5.85. The Morgan fingerprint density at radius 2 is 2.18 bits per heavy atom. The molecule has 1 fully saturated rings. The SMILES string of the molecule is Cl.OCC1CNCC(F)(F)C1. The maximum absolute atomic E-state index is 12.5. The Labute approximate surface area is 70.4 Å². The maximum Gasteiger partial charge on any atom is 0.260 e. The van der Waals surface area contributed by atoms with E-state index >= 15 is 0 Å². The first-order chi connectivity index (χ1) is 4.64. The van der Waals surface area contributed by atoms with Crippen molar-refractivity contribution in [2.75, 3.05) is 19.7 Å². The Hall–Kier alpha value is 0.0700. The fourth-order valence-corrected chi connectivity index (χ4v) is 1.15. The van der Waals surface area contributed by atoms with E-state index in [0.29, 0.717) is 6.54 Å². The van der Waals surface area contributed by atoms with Crippen molar-refractivity contribution < 1.29 is 13.9 Å². The molecule has 1 unspecified atom stereocenters. The highest BCUT2D eigenvalue weighted by Crippen LogP contribution is 2.25. The highest BCUT2D eigenvalue weighted by Gasteiger charge is 2.35. The molecular formula is C6H12ClF2NO. The summed E-state index contributed by atoms with van der Waals surface area (Å²) in [7, 11) is 0. The van der Waals surface area contributed by atoms with Gasteiger partial charge in [0.1, 0.15) is 0 Å². The molecule has 0 spiro atoms. The molecule has 0 aliphatic carbocycles. The van der Waals surface area contributed by atoms with Gasteiger partial charge in [0.25, 0.3) is 5.92 Å². The van der Waals surface area contributed by atoms with Gasteiger partial charge in [-0.2, -0.15) is 0 Å². The molecule has 0 bridgehead atoms. The third kappa shape index (κ3) is 3.31. The second-order valence-electron chi connectivity index (χ2n) is 2.74. The Bertz CT molecular complexity index is 123. The van der Waals surface area contributed by atoms with E-state index in [1.54, 1.807) is 0 Å². The van der Waals surface area contributed by atoms with Gasteiger partial charge in [-0.25, -0.2) is 8.78 Å². The number of aliphatic hydroxyl groups is 1. The molecule has 0 aromatic rings. The van der Waals surface area contributed by atoms with E-state index in [2.05, 4.69) is 5.32 Å². The van der Waals surface area contributed by atoms with E-state index in [9.17, 15) is 8.78 Å². The van der Waals surface area contributed by atoms with Crippen LogP contribution in [0.25, 0.3) is 0 Å². The molecule has 1 aliphatic heterocycles. The standard InChI is InChI=1S/C6H11F2NO.ClH/c7-6(8)1-5(3-10)2-9-4-6;/h5,9-10H,1-4H2;1H. The molecule has 68 valence electrons. The zero-order chi connectivity index (χ0) is 7.61. The van der Waals surface area contributed by atoms with Gasteiger partial charge in [0.15, 0.2) is 0 Å². The molecule has 1 saturated heterocycles. The van der Waals surface area contributed by atoms with Crippen LogP contribution in [0, 0.1) is 5.92 Å². The molecule has 1 rings (SSSR count). The number of halogens is 3. The van der Waals surface area contributed by atoms with E-state index in [-0.39, 0.29) is 37.9 Å². The molecular weight excluding hydrogens is 176 g/mol. The van der Waals surface area contributed by atoms with Crippen LogP contribution in [0.15, 0.2) is 0 Å². The van der Waals surface area contributed by atoms with Crippen LogP contribution >= 0.6 is 12.4 Å². The average Bonchev–Trinajstić information content (AvgIpc) is 1.86. The van der Waals surface area contributed by atoms with Crippen LogP contribution in [-0.2, 0) is 0 Å². The van der Waals surface area contributed by atoms with Crippen molar-refractivity contribution >= 4 is 12.4 Å². The van der Waals surface area contributed by atoms with Crippen LogP contribution in [-0.4, -0.2) is 30.7 Å². The molecule has 11 heavy (non-hydrogen) atoms. The summed E-state index contributed by atoms with van der Waals surface area (Å²) in [5, 5.41) is 11.1. The van der Waals surface area contributed by atoms with Crippen molar-refractivity contribution in [2.24, 2.45) is 5.92 Å². The van der Waals surface area contributed by atoms with Crippen molar-refractivity contribution in [3.05, 3.63) is 0 Å². The van der Waals surface area contributed by atoms with Crippen LogP contribution in [0.1, 0.15) is 6.42 Å². The van der Waals surface area contributed by atoms with E-state index in [0.717, 1.165) is 0 Å². The Morgan fingerprint density at radius 1 is 1.55 bits per heavy atom. The van der Waals surface area contributed by atoms with Crippen LogP contribution in [0.5, 0.6) is 0 Å². The minimum Gasteiger partial charge on any atom is -0.396 e. The number of nitrogens with one attached hydrogen (secondary N) is 1. The lowest BCUT2D eigenvalue weighted by atomic mass is 9.98. The molecule has 2 nitrogen and oxygen atoms in total. The van der Waals surface area contributed by atoms with Gasteiger partial charge in [0.2, 0.25) is 0 Å². The van der Waals surface area contributed by atoms with Gasteiger partial charge in [-0.15, -0.1) is 12.4 Å². The first-order valence-electron chi connectivity index (χ1n) is 3.33. The minimum absolute atomic E-state index is 0.